The molecule has 36 heavy (non-hydrogen) atoms. The first-order valence-corrected chi connectivity index (χ1v) is 13.6. The van der Waals surface area contributed by atoms with E-state index in [1.165, 1.54) is 22.5 Å². The van der Waals surface area contributed by atoms with Crippen molar-refractivity contribution >= 4 is 28.7 Å². The second kappa shape index (κ2) is 14.2. The molecule has 0 saturated heterocycles. The van der Waals surface area contributed by atoms with Crippen LogP contribution in [0, 0.1) is 13.8 Å². The van der Waals surface area contributed by atoms with Crippen molar-refractivity contribution in [3.8, 4) is 0 Å². The van der Waals surface area contributed by atoms with E-state index in [2.05, 4.69) is 61.8 Å². The summed E-state index contributed by atoms with van der Waals surface area (Å²) in [5.41, 5.74) is 5.13. The number of thiophene rings is 1. The van der Waals surface area contributed by atoms with Gasteiger partial charge in [0, 0.05) is 30.4 Å². The van der Waals surface area contributed by atoms with Crippen molar-refractivity contribution in [1.29, 1.82) is 0 Å². The highest BCUT2D eigenvalue weighted by Crippen LogP contribution is 2.22. The van der Waals surface area contributed by atoms with Gasteiger partial charge >= 0.3 is 0 Å². The Morgan fingerprint density at radius 2 is 1.50 bits per heavy atom. The molecule has 188 valence electrons. The van der Waals surface area contributed by atoms with Gasteiger partial charge in [-0.05, 0) is 61.9 Å². The van der Waals surface area contributed by atoms with Gasteiger partial charge in [-0.25, -0.2) is 4.98 Å². The minimum Gasteiger partial charge on any atom is -0.357 e. The van der Waals surface area contributed by atoms with Crippen LogP contribution in [0.2, 0.25) is 0 Å². The lowest BCUT2D eigenvalue weighted by molar-refractivity contribution is 0.0985. The quantitative estimate of drug-likeness (QED) is 0.235. The van der Waals surface area contributed by atoms with Gasteiger partial charge in [0.15, 0.2) is 0 Å². The van der Waals surface area contributed by atoms with Crippen LogP contribution in [0.4, 0.5) is 11.5 Å². The van der Waals surface area contributed by atoms with Crippen molar-refractivity contribution in [2.24, 2.45) is 0 Å². The normalized spacial score (nSPS) is 10.3. The van der Waals surface area contributed by atoms with Gasteiger partial charge in [-0.2, -0.15) is 11.3 Å². The van der Waals surface area contributed by atoms with Crippen LogP contribution in [0.15, 0.2) is 89.8 Å². The Labute approximate surface area is 220 Å². The predicted molar refractivity (Wildman–Crippen MR) is 154 cm³/mol. The second-order valence-electron chi connectivity index (χ2n) is 8.91. The zero-order valence-electron chi connectivity index (χ0n) is 21.9. The number of carbonyl (C=O) groups is 1. The Balaban J connectivity index is 0.000000444. The van der Waals surface area contributed by atoms with Crippen molar-refractivity contribution < 1.29 is 4.79 Å². The molecule has 0 radical (unpaired) electrons. The van der Waals surface area contributed by atoms with E-state index in [0.717, 1.165) is 48.6 Å². The number of hydrogen-bond acceptors (Lipinski definition) is 4. The van der Waals surface area contributed by atoms with E-state index in [9.17, 15) is 4.79 Å². The first-order valence-electron chi connectivity index (χ1n) is 12.6. The fourth-order valence-electron chi connectivity index (χ4n) is 3.84. The van der Waals surface area contributed by atoms with Crippen LogP contribution in [-0.4, -0.2) is 24.0 Å². The molecular weight excluding hydrogens is 462 g/mol. The van der Waals surface area contributed by atoms with Gasteiger partial charge in [0.05, 0.1) is 12.1 Å². The standard InChI is InChI=1S/C24H29N3OS.C7H8/c1-4-13-26(14-5-2)23-11-8-20(16-25-23)17-27(22-9-6-19(3)7-10-22)24(28)21-12-15-29-18-21;1-7-5-3-2-4-6-7/h6-12,15-16,18H,4-5,13-14,17H2,1-3H3;2-6H,1H3. The maximum atomic E-state index is 13.1. The molecule has 4 nitrogen and oxygen atoms in total. The lowest BCUT2D eigenvalue weighted by atomic mass is 10.1. The second-order valence-corrected chi connectivity index (χ2v) is 9.69. The Morgan fingerprint density at radius 3 is 2.00 bits per heavy atom. The summed E-state index contributed by atoms with van der Waals surface area (Å²) in [7, 11) is 0. The van der Waals surface area contributed by atoms with E-state index in [4.69, 9.17) is 0 Å². The number of hydrogen-bond donors (Lipinski definition) is 0. The molecule has 0 atom stereocenters. The average Bonchev–Trinajstić information content (AvgIpc) is 3.44. The zero-order valence-corrected chi connectivity index (χ0v) is 22.7. The molecule has 4 aromatic rings. The number of anilines is 2. The number of aryl methyl sites for hydroxylation is 2. The summed E-state index contributed by atoms with van der Waals surface area (Å²) in [6.45, 7) is 11.0. The number of amides is 1. The minimum absolute atomic E-state index is 0.0118. The summed E-state index contributed by atoms with van der Waals surface area (Å²) in [5, 5.41) is 3.84. The number of aromatic nitrogens is 1. The Morgan fingerprint density at radius 1 is 0.833 bits per heavy atom. The van der Waals surface area contributed by atoms with Gasteiger partial charge in [0.2, 0.25) is 0 Å². The molecule has 0 aliphatic carbocycles. The highest BCUT2D eigenvalue weighted by atomic mass is 32.1. The lowest BCUT2D eigenvalue weighted by Crippen LogP contribution is -2.30. The molecule has 0 aliphatic heterocycles. The van der Waals surface area contributed by atoms with Crippen LogP contribution in [0.25, 0.3) is 0 Å². The van der Waals surface area contributed by atoms with Gasteiger partial charge in [0.1, 0.15) is 5.82 Å². The lowest BCUT2D eigenvalue weighted by Gasteiger charge is -2.24. The Hall–Kier alpha value is -3.44. The third-order valence-electron chi connectivity index (χ3n) is 5.76. The van der Waals surface area contributed by atoms with Crippen molar-refractivity contribution in [3.05, 3.63) is 112 Å². The number of benzene rings is 2. The number of rotatable bonds is 9. The Kier molecular flexibility index (Phi) is 10.7. The van der Waals surface area contributed by atoms with Crippen LogP contribution >= 0.6 is 11.3 Å². The van der Waals surface area contributed by atoms with Crippen LogP contribution in [-0.2, 0) is 6.54 Å². The molecule has 1 amide bonds. The molecular formula is C31H37N3OS. The third kappa shape index (κ3) is 8.06. The maximum absolute atomic E-state index is 13.1. The van der Waals surface area contributed by atoms with Gasteiger partial charge in [-0.3, -0.25) is 4.79 Å². The van der Waals surface area contributed by atoms with Crippen molar-refractivity contribution in [2.75, 3.05) is 22.9 Å². The summed E-state index contributed by atoms with van der Waals surface area (Å²) < 4.78 is 0. The molecule has 0 unspecified atom stereocenters. The SMILES string of the molecule is CCCN(CCC)c1ccc(CN(C(=O)c2ccsc2)c2ccc(C)cc2)cn1.Cc1ccccc1. The highest BCUT2D eigenvalue weighted by molar-refractivity contribution is 7.08. The molecule has 0 fully saturated rings. The van der Waals surface area contributed by atoms with E-state index in [1.807, 2.05) is 70.4 Å². The molecule has 2 heterocycles. The molecule has 0 spiro atoms. The van der Waals surface area contributed by atoms with E-state index in [1.54, 1.807) is 0 Å². The zero-order chi connectivity index (χ0) is 25.8. The van der Waals surface area contributed by atoms with Crippen molar-refractivity contribution in [3.63, 3.8) is 0 Å². The van der Waals surface area contributed by atoms with Gasteiger partial charge < -0.3 is 9.80 Å². The summed E-state index contributed by atoms with van der Waals surface area (Å²) >= 11 is 1.54. The smallest absolute Gasteiger partial charge is 0.259 e. The minimum atomic E-state index is 0.0118. The number of pyridine rings is 1. The molecule has 2 aromatic carbocycles. The van der Waals surface area contributed by atoms with Crippen LogP contribution < -0.4 is 9.80 Å². The fraction of sp³-hybridized carbons (Fsp3) is 0.290. The molecule has 2 aromatic heterocycles. The van der Waals surface area contributed by atoms with Crippen LogP contribution in [0.5, 0.6) is 0 Å². The maximum Gasteiger partial charge on any atom is 0.259 e. The molecule has 0 N–H and O–H groups in total. The molecule has 0 bridgehead atoms. The molecule has 5 heteroatoms. The van der Waals surface area contributed by atoms with Crippen LogP contribution in [0.1, 0.15) is 53.7 Å². The highest BCUT2D eigenvalue weighted by Gasteiger charge is 2.19. The van der Waals surface area contributed by atoms with Crippen molar-refractivity contribution in [2.45, 2.75) is 47.1 Å². The van der Waals surface area contributed by atoms with E-state index in [0.29, 0.717) is 6.54 Å². The first-order chi connectivity index (χ1) is 17.5. The monoisotopic (exact) mass is 499 g/mol. The first kappa shape index (κ1) is 27.2. The summed E-state index contributed by atoms with van der Waals surface area (Å²) in [6.07, 6.45) is 4.09. The average molecular weight is 500 g/mol. The molecule has 4 rings (SSSR count). The summed E-state index contributed by atoms with van der Waals surface area (Å²) in [5.74, 6) is 1.02. The van der Waals surface area contributed by atoms with E-state index in [-0.39, 0.29) is 5.91 Å². The number of nitrogens with zero attached hydrogens (tertiary/aromatic N) is 3. The predicted octanol–water partition coefficient (Wildman–Crippen LogP) is 7.92. The van der Waals surface area contributed by atoms with Gasteiger partial charge in [-0.1, -0.05) is 73.5 Å². The molecule has 0 aliphatic rings. The summed E-state index contributed by atoms with van der Waals surface area (Å²) in [4.78, 5) is 22.0. The van der Waals surface area contributed by atoms with E-state index < -0.39 is 0 Å². The fourth-order valence-corrected chi connectivity index (χ4v) is 4.47. The Bertz CT molecular complexity index is 1150. The van der Waals surface area contributed by atoms with Crippen LogP contribution in [0.3, 0.4) is 0 Å². The topological polar surface area (TPSA) is 36.4 Å². The summed E-state index contributed by atoms with van der Waals surface area (Å²) in [6, 6.07) is 24.4. The van der Waals surface area contributed by atoms with Gasteiger partial charge in [-0.15, -0.1) is 0 Å². The molecule has 0 saturated carbocycles. The van der Waals surface area contributed by atoms with E-state index >= 15 is 0 Å². The third-order valence-corrected chi connectivity index (χ3v) is 6.44. The largest absolute Gasteiger partial charge is 0.357 e. The van der Waals surface area contributed by atoms with Crippen molar-refractivity contribution in [1.82, 2.24) is 4.98 Å². The number of carbonyl (C=O) groups excluding carboxylic acids is 1. The van der Waals surface area contributed by atoms with Gasteiger partial charge in [0.25, 0.3) is 5.91 Å².